The van der Waals surface area contributed by atoms with E-state index in [9.17, 15) is 14.9 Å². The van der Waals surface area contributed by atoms with Gasteiger partial charge in [0, 0.05) is 55.6 Å². The highest BCUT2D eigenvalue weighted by atomic mass is 16.6. The normalized spacial score (nSPS) is 15.7. The SMILES string of the molecule is C[C@H](C(=O)Nc1cccc2ncccc12)N1CCN(c2ccc([N+](=O)[O-])cc2)CC1. The lowest BCUT2D eigenvalue weighted by molar-refractivity contribution is -0.384. The third kappa shape index (κ3) is 4.08. The molecule has 1 aliphatic rings. The summed E-state index contributed by atoms with van der Waals surface area (Å²) < 4.78 is 0. The molecule has 1 fully saturated rings. The molecule has 0 aliphatic carbocycles. The topological polar surface area (TPSA) is 91.6 Å². The van der Waals surface area contributed by atoms with Crippen LogP contribution in [0, 0.1) is 10.1 Å². The average molecular weight is 405 g/mol. The van der Waals surface area contributed by atoms with Crippen LogP contribution in [-0.4, -0.2) is 52.9 Å². The van der Waals surface area contributed by atoms with Gasteiger partial charge >= 0.3 is 0 Å². The molecule has 2 heterocycles. The van der Waals surface area contributed by atoms with Gasteiger partial charge in [-0.3, -0.25) is 24.8 Å². The van der Waals surface area contributed by atoms with Gasteiger partial charge in [-0.2, -0.15) is 0 Å². The summed E-state index contributed by atoms with van der Waals surface area (Å²) in [6.07, 6.45) is 1.74. The molecule has 0 radical (unpaired) electrons. The monoisotopic (exact) mass is 405 g/mol. The summed E-state index contributed by atoms with van der Waals surface area (Å²) in [6, 6.07) is 15.8. The Morgan fingerprint density at radius 1 is 1.07 bits per heavy atom. The number of rotatable bonds is 5. The van der Waals surface area contributed by atoms with Crippen molar-refractivity contribution < 1.29 is 9.72 Å². The molecule has 1 atom stereocenters. The van der Waals surface area contributed by atoms with Gasteiger partial charge in [-0.15, -0.1) is 0 Å². The number of nitro groups is 1. The first-order valence-corrected chi connectivity index (χ1v) is 9.91. The fourth-order valence-corrected chi connectivity index (χ4v) is 3.77. The van der Waals surface area contributed by atoms with Crippen LogP contribution < -0.4 is 10.2 Å². The molecule has 0 saturated carbocycles. The Kier molecular flexibility index (Phi) is 5.58. The van der Waals surface area contributed by atoms with E-state index in [4.69, 9.17) is 0 Å². The van der Waals surface area contributed by atoms with Crippen LogP contribution in [-0.2, 0) is 4.79 Å². The third-order valence-corrected chi connectivity index (χ3v) is 5.57. The number of hydrogen-bond donors (Lipinski definition) is 1. The molecular formula is C22H23N5O3. The summed E-state index contributed by atoms with van der Waals surface area (Å²) in [5, 5.41) is 14.8. The summed E-state index contributed by atoms with van der Waals surface area (Å²) in [6.45, 7) is 4.91. The maximum Gasteiger partial charge on any atom is 0.269 e. The molecule has 3 aromatic rings. The van der Waals surface area contributed by atoms with Crippen LogP contribution in [0.3, 0.4) is 0 Å². The van der Waals surface area contributed by atoms with Gasteiger partial charge in [0.25, 0.3) is 5.69 Å². The number of amides is 1. The van der Waals surface area contributed by atoms with Gasteiger partial charge in [-0.25, -0.2) is 0 Å². The van der Waals surface area contributed by atoms with Gasteiger partial charge in [0.2, 0.25) is 5.91 Å². The second-order valence-electron chi connectivity index (χ2n) is 7.34. The van der Waals surface area contributed by atoms with E-state index < -0.39 is 4.92 Å². The van der Waals surface area contributed by atoms with Crippen molar-refractivity contribution in [2.75, 3.05) is 36.4 Å². The third-order valence-electron chi connectivity index (χ3n) is 5.57. The molecule has 0 unspecified atom stereocenters. The van der Waals surface area contributed by atoms with Crippen LogP contribution >= 0.6 is 0 Å². The Labute approximate surface area is 174 Å². The van der Waals surface area contributed by atoms with E-state index in [1.165, 1.54) is 12.1 Å². The van der Waals surface area contributed by atoms with E-state index in [-0.39, 0.29) is 17.6 Å². The fraction of sp³-hybridized carbons (Fsp3) is 0.273. The number of nitrogens with zero attached hydrogens (tertiary/aromatic N) is 4. The van der Waals surface area contributed by atoms with Gasteiger partial charge in [-0.05, 0) is 43.3 Å². The van der Waals surface area contributed by atoms with E-state index in [1.54, 1.807) is 18.3 Å². The molecule has 2 aromatic carbocycles. The van der Waals surface area contributed by atoms with Crippen molar-refractivity contribution >= 4 is 33.9 Å². The summed E-state index contributed by atoms with van der Waals surface area (Å²) in [5.74, 6) is -0.0462. The molecule has 1 aromatic heterocycles. The number of pyridine rings is 1. The molecule has 0 bridgehead atoms. The van der Waals surface area contributed by atoms with Crippen LogP contribution in [0.25, 0.3) is 10.9 Å². The molecule has 1 N–H and O–H groups in total. The molecule has 8 nitrogen and oxygen atoms in total. The molecule has 30 heavy (non-hydrogen) atoms. The van der Waals surface area contributed by atoms with Crippen molar-refractivity contribution in [1.29, 1.82) is 0 Å². The minimum Gasteiger partial charge on any atom is -0.369 e. The van der Waals surface area contributed by atoms with Crippen LogP contribution in [0.1, 0.15) is 6.92 Å². The number of benzene rings is 2. The maximum absolute atomic E-state index is 12.9. The first-order chi connectivity index (χ1) is 14.5. The molecule has 1 aliphatic heterocycles. The Bertz CT molecular complexity index is 1060. The first kappa shape index (κ1) is 19.8. The largest absolute Gasteiger partial charge is 0.369 e. The van der Waals surface area contributed by atoms with Crippen molar-refractivity contribution in [1.82, 2.24) is 9.88 Å². The second kappa shape index (κ2) is 8.46. The highest BCUT2D eigenvalue weighted by molar-refractivity contribution is 6.02. The summed E-state index contributed by atoms with van der Waals surface area (Å²) in [4.78, 5) is 31.9. The molecule has 8 heteroatoms. The van der Waals surface area contributed by atoms with Gasteiger partial charge in [-0.1, -0.05) is 6.07 Å². The number of hydrogen-bond acceptors (Lipinski definition) is 6. The van der Waals surface area contributed by atoms with E-state index >= 15 is 0 Å². The number of carbonyl (C=O) groups is 1. The highest BCUT2D eigenvalue weighted by Gasteiger charge is 2.26. The van der Waals surface area contributed by atoms with Crippen molar-refractivity contribution in [3.8, 4) is 0 Å². The predicted octanol–water partition coefficient (Wildman–Crippen LogP) is 3.29. The molecule has 1 amide bonds. The maximum atomic E-state index is 12.9. The average Bonchev–Trinajstić information content (AvgIpc) is 2.79. The molecule has 4 rings (SSSR count). The van der Waals surface area contributed by atoms with E-state index in [1.807, 2.05) is 37.3 Å². The number of nitrogens with one attached hydrogen (secondary N) is 1. The van der Waals surface area contributed by atoms with Gasteiger partial charge < -0.3 is 10.2 Å². The summed E-state index contributed by atoms with van der Waals surface area (Å²) in [5.41, 5.74) is 2.66. The van der Waals surface area contributed by atoms with Crippen LogP contribution in [0.2, 0.25) is 0 Å². The van der Waals surface area contributed by atoms with Crippen molar-refractivity contribution in [2.45, 2.75) is 13.0 Å². The number of nitro benzene ring substituents is 1. The lowest BCUT2D eigenvalue weighted by Gasteiger charge is -2.38. The smallest absolute Gasteiger partial charge is 0.269 e. The zero-order valence-corrected chi connectivity index (χ0v) is 16.7. The van der Waals surface area contributed by atoms with Crippen LogP contribution in [0.5, 0.6) is 0 Å². The van der Waals surface area contributed by atoms with E-state index in [0.717, 1.165) is 48.5 Å². The van der Waals surface area contributed by atoms with Crippen molar-refractivity contribution in [2.24, 2.45) is 0 Å². The lowest BCUT2D eigenvalue weighted by Crippen LogP contribution is -2.52. The lowest BCUT2D eigenvalue weighted by atomic mass is 10.1. The number of anilines is 2. The van der Waals surface area contributed by atoms with E-state index in [0.29, 0.717) is 0 Å². The standard InChI is InChI=1S/C22H23N5O3/c1-16(22(28)24-21-6-2-5-20-19(21)4-3-11-23-20)25-12-14-26(15-13-25)17-7-9-18(10-8-17)27(29)30/h2-11,16H,12-15H2,1H3,(H,24,28)/t16-/m1/s1. The van der Waals surface area contributed by atoms with Gasteiger partial charge in [0.05, 0.1) is 22.2 Å². The number of aromatic nitrogens is 1. The molecule has 154 valence electrons. The molecule has 1 saturated heterocycles. The van der Waals surface area contributed by atoms with Gasteiger partial charge in [0.1, 0.15) is 0 Å². The highest BCUT2D eigenvalue weighted by Crippen LogP contribution is 2.23. The zero-order chi connectivity index (χ0) is 21.1. The Morgan fingerprint density at radius 3 is 2.50 bits per heavy atom. The van der Waals surface area contributed by atoms with E-state index in [2.05, 4.69) is 20.1 Å². The minimum absolute atomic E-state index is 0.0462. The van der Waals surface area contributed by atoms with Crippen LogP contribution in [0.4, 0.5) is 17.1 Å². The Balaban J connectivity index is 1.37. The summed E-state index contributed by atoms with van der Waals surface area (Å²) in [7, 11) is 0. The number of carbonyl (C=O) groups excluding carboxylic acids is 1. The second-order valence-corrected chi connectivity index (χ2v) is 7.34. The minimum atomic E-state index is -0.395. The number of piperazine rings is 1. The Hall–Kier alpha value is -3.52. The first-order valence-electron chi connectivity index (χ1n) is 9.91. The van der Waals surface area contributed by atoms with Crippen molar-refractivity contribution in [3.05, 3.63) is 70.9 Å². The molecular weight excluding hydrogens is 382 g/mol. The molecule has 0 spiro atoms. The van der Waals surface area contributed by atoms with Gasteiger partial charge in [0.15, 0.2) is 0 Å². The van der Waals surface area contributed by atoms with Crippen molar-refractivity contribution in [3.63, 3.8) is 0 Å². The summed E-state index contributed by atoms with van der Waals surface area (Å²) >= 11 is 0. The Morgan fingerprint density at radius 2 is 1.80 bits per heavy atom. The predicted molar refractivity (Wildman–Crippen MR) is 117 cm³/mol. The number of fused-ring (bicyclic) bond motifs is 1. The quantitative estimate of drug-likeness (QED) is 0.517. The van der Waals surface area contributed by atoms with Crippen LogP contribution in [0.15, 0.2) is 60.8 Å². The zero-order valence-electron chi connectivity index (χ0n) is 16.7. The fourth-order valence-electron chi connectivity index (χ4n) is 3.77. The number of non-ortho nitro benzene ring substituents is 1.